The lowest BCUT2D eigenvalue weighted by Gasteiger charge is -2.15. The van der Waals surface area contributed by atoms with E-state index in [4.69, 9.17) is 23.2 Å². The first kappa shape index (κ1) is 19.3. The Morgan fingerprint density at radius 2 is 1.38 bits per heavy atom. The maximum absolute atomic E-state index is 6.25. The number of halogens is 2. The smallest absolute Gasteiger partial charge is 0.185 e. The monoisotopic (exact) mass is 349 g/mol. The van der Waals surface area contributed by atoms with Crippen LogP contribution in [0.3, 0.4) is 0 Å². The standard InChI is InChI=1S/C17H29Cl2NS/c1-3-5-7-8-9-11-13-14(12-10-6-4-2)15-16(18)20-17(19)21-15/h14H,3-13H2,1-2H3. The lowest BCUT2D eigenvalue weighted by atomic mass is 9.93. The summed E-state index contributed by atoms with van der Waals surface area (Å²) in [4.78, 5) is 5.39. The van der Waals surface area contributed by atoms with Gasteiger partial charge in [-0.15, -0.1) is 11.3 Å². The van der Waals surface area contributed by atoms with E-state index in [1.165, 1.54) is 75.5 Å². The molecule has 0 amide bonds. The third-order valence-corrected chi connectivity index (χ3v) is 5.74. The zero-order chi connectivity index (χ0) is 15.5. The van der Waals surface area contributed by atoms with Crippen molar-refractivity contribution in [2.45, 2.75) is 90.4 Å². The maximum Gasteiger partial charge on any atom is 0.185 e. The van der Waals surface area contributed by atoms with E-state index in [9.17, 15) is 0 Å². The van der Waals surface area contributed by atoms with Crippen LogP contribution >= 0.6 is 34.5 Å². The third kappa shape index (κ3) is 7.85. The van der Waals surface area contributed by atoms with Crippen molar-refractivity contribution in [1.82, 2.24) is 4.98 Å². The minimum Gasteiger partial charge on any atom is -0.213 e. The minimum atomic E-state index is 0.556. The SMILES string of the molecule is CCCCCCCCC(CCCCC)c1sc(Cl)nc1Cl. The minimum absolute atomic E-state index is 0.556. The molecule has 0 saturated carbocycles. The van der Waals surface area contributed by atoms with E-state index in [0.29, 0.717) is 15.5 Å². The van der Waals surface area contributed by atoms with Gasteiger partial charge in [0, 0.05) is 4.88 Å². The number of hydrogen-bond donors (Lipinski definition) is 0. The van der Waals surface area contributed by atoms with Crippen LogP contribution in [0.2, 0.25) is 9.62 Å². The first-order valence-electron chi connectivity index (χ1n) is 8.50. The summed E-state index contributed by atoms with van der Waals surface area (Å²) < 4.78 is 0.582. The zero-order valence-electron chi connectivity index (χ0n) is 13.5. The number of thiazole rings is 1. The number of aromatic nitrogens is 1. The first-order chi connectivity index (χ1) is 10.2. The lowest BCUT2D eigenvalue weighted by molar-refractivity contribution is 0.499. The summed E-state index contributed by atoms with van der Waals surface area (Å²) in [5.74, 6) is 0.556. The molecule has 1 atom stereocenters. The van der Waals surface area contributed by atoms with Crippen molar-refractivity contribution in [3.63, 3.8) is 0 Å². The van der Waals surface area contributed by atoms with Crippen molar-refractivity contribution >= 4 is 34.5 Å². The summed E-state index contributed by atoms with van der Waals surface area (Å²) >= 11 is 13.8. The van der Waals surface area contributed by atoms with Crippen molar-refractivity contribution in [2.24, 2.45) is 0 Å². The molecule has 4 heteroatoms. The predicted octanol–water partition coefficient (Wildman–Crippen LogP) is 7.86. The van der Waals surface area contributed by atoms with Gasteiger partial charge in [0.15, 0.2) is 4.47 Å². The highest BCUT2D eigenvalue weighted by atomic mass is 35.5. The topological polar surface area (TPSA) is 12.9 Å². The van der Waals surface area contributed by atoms with Gasteiger partial charge in [-0.05, 0) is 18.8 Å². The molecule has 1 aromatic rings. The van der Waals surface area contributed by atoms with Crippen LogP contribution in [0.15, 0.2) is 0 Å². The molecule has 0 aliphatic rings. The summed E-state index contributed by atoms with van der Waals surface area (Å²) in [5.41, 5.74) is 0. The van der Waals surface area contributed by atoms with Crippen LogP contribution < -0.4 is 0 Å². The molecule has 1 aromatic heterocycles. The second kappa shape index (κ2) is 11.7. The van der Waals surface area contributed by atoms with Gasteiger partial charge in [-0.25, -0.2) is 4.98 Å². The van der Waals surface area contributed by atoms with Gasteiger partial charge < -0.3 is 0 Å². The van der Waals surface area contributed by atoms with E-state index < -0.39 is 0 Å². The van der Waals surface area contributed by atoms with E-state index in [1.54, 1.807) is 11.3 Å². The predicted molar refractivity (Wildman–Crippen MR) is 97.0 cm³/mol. The van der Waals surface area contributed by atoms with E-state index >= 15 is 0 Å². The molecule has 0 aromatic carbocycles. The van der Waals surface area contributed by atoms with Gasteiger partial charge in [-0.2, -0.15) is 0 Å². The maximum atomic E-state index is 6.25. The molecule has 0 bridgehead atoms. The van der Waals surface area contributed by atoms with Gasteiger partial charge in [0.1, 0.15) is 5.15 Å². The van der Waals surface area contributed by atoms with Crippen LogP contribution in [-0.4, -0.2) is 4.98 Å². The van der Waals surface area contributed by atoms with Crippen molar-refractivity contribution < 1.29 is 0 Å². The highest BCUT2D eigenvalue weighted by Crippen LogP contribution is 2.38. The summed E-state index contributed by atoms with van der Waals surface area (Å²) in [5, 5.41) is 0.637. The van der Waals surface area contributed by atoms with E-state index in [1.807, 2.05) is 0 Å². The second-order valence-corrected chi connectivity index (χ2v) is 7.84. The zero-order valence-corrected chi connectivity index (χ0v) is 15.8. The van der Waals surface area contributed by atoms with Crippen LogP contribution in [0.1, 0.15) is 95.3 Å². The van der Waals surface area contributed by atoms with E-state index in [0.717, 1.165) is 0 Å². The average molecular weight is 350 g/mol. The first-order valence-corrected chi connectivity index (χ1v) is 10.1. The van der Waals surface area contributed by atoms with Gasteiger partial charge in [0.25, 0.3) is 0 Å². The normalized spacial score (nSPS) is 12.8. The van der Waals surface area contributed by atoms with Crippen LogP contribution in [0.4, 0.5) is 0 Å². The number of rotatable bonds is 12. The van der Waals surface area contributed by atoms with Crippen LogP contribution in [0.25, 0.3) is 0 Å². The van der Waals surface area contributed by atoms with Gasteiger partial charge in [-0.3, -0.25) is 0 Å². The summed E-state index contributed by atoms with van der Waals surface area (Å²) in [6, 6.07) is 0. The molecular formula is C17H29Cl2NS. The molecule has 0 N–H and O–H groups in total. The lowest BCUT2D eigenvalue weighted by Crippen LogP contribution is -1.98. The summed E-state index contributed by atoms with van der Waals surface area (Å²) in [7, 11) is 0. The quantitative estimate of drug-likeness (QED) is 0.350. The molecule has 0 radical (unpaired) electrons. The molecule has 1 heterocycles. The van der Waals surface area contributed by atoms with E-state index in [-0.39, 0.29) is 0 Å². The van der Waals surface area contributed by atoms with Gasteiger partial charge >= 0.3 is 0 Å². The Bertz CT molecular complexity index is 379. The fraction of sp³-hybridized carbons (Fsp3) is 0.824. The molecule has 1 rings (SSSR count). The van der Waals surface area contributed by atoms with Crippen LogP contribution in [0, 0.1) is 0 Å². The Labute approximate surface area is 144 Å². The van der Waals surface area contributed by atoms with Crippen LogP contribution in [-0.2, 0) is 0 Å². The molecule has 0 aliphatic heterocycles. The number of unbranched alkanes of at least 4 members (excludes halogenated alkanes) is 7. The highest BCUT2D eigenvalue weighted by molar-refractivity contribution is 7.16. The third-order valence-electron chi connectivity index (χ3n) is 4.02. The second-order valence-electron chi connectivity index (χ2n) is 5.87. The van der Waals surface area contributed by atoms with Gasteiger partial charge in [0.05, 0.1) is 0 Å². The fourth-order valence-corrected chi connectivity index (χ4v) is 4.39. The number of hydrogen-bond acceptors (Lipinski definition) is 2. The Morgan fingerprint density at radius 1 is 0.857 bits per heavy atom. The molecule has 1 unspecified atom stereocenters. The van der Waals surface area contributed by atoms with Crippen molar-refractivity contribution in [3.8, 4) is 0 Å². The van der Waals surface area contributed by atoms with Crippen LogP contribution in [0.5, 0.6) is 0 Å². The summed E-state index contributed by atoms with van der Waals surface area (Å²) in [6.07, 6.45) is 14.4. The Hall–Kier alpha value is 0.210. The Morgan fingerprint density at radius 3 is 1.95 bits per heavy atom. The average Bonchev–Trinajstić information content (AvgIpc) is 2.79. The van der Waals surface area contributed by atoms with Crippen molar-refractivity contribution in [2.75, 3.05) is 0 Å². The number of nitrogens with zero attached hydrogens (tertiary/aromatic N) is 1. The van der Waals surface area contributed by atoms with Gasteiger partial charge in [0.2, 0.25) is 0 Å². The van der Waals surface area contributed by atoms with Gasteiger partial charge in [-0.1, -0.05) is 94.8 Å². The molecule has 122 valence electrons. The Kier molecular flexibility index (Phi) is 10.8. The molecule has 0 saturated heterocycles. The molecule has 21 heavy (non-hydrogen) atoms. The van der Waals surface area contributed by atoms with Crippen molar-refractivity contribution in [1.29, 1.82) is 0 Å². The largest absolute Gasteiger partial charge is 0.213 e. The van der Waals surface area contributed by atoms with Crippen molar-refractivity contribution in [3.05, 3.63) is 14.5 Å². The Balaban J connectivity index is 2.43. The molecule has 0 aliphatic carbocycles. The molecule has 0 spiro atoms. The molecule has 0 fully saturated rings. The van der Waals surface area contributed by atoms with E-state index in [2.05, 4.69) is 18.8 Å². The fourth-order valence-electron chi connectivity index (χ4n) is 2.76. The highest BCUT2D eigenvalue weighted by Gasteiger charge is 2.18. The molecular weight excluding hydrogens is 321 g/mol. The molecule has 1 nitrogen and oxygen atoms in total. The summed E-state index contributed by atoms with van der Waals surface area (Å²) in [6.45, 7) is 4.51.